The number of benzene rings is 2. The van der Waals surface area contributed by atoms with Gasteiger partial charge in [-0.15, -0.1) is 0 Å². The molecular weight excluding hydrogens is 351 g/mol. The van der Waals surface area contributed by atoms with E-state index in [-0.39, 0.29) is 17.8 Å². The lowest BCUT2D eigenvalue weighted by molar-refractivity contribution is -0.134. The van der Waals surface area contributed by atoms with E-state index in [0.29, 0.717) is 6.42 Å². The van der Waals surface area contributed by atoms with Gasteiger partial charge in [-0.2, -0.15) is 0 Å². The highest BCUT2D eigenvalue weighted by Gasteiger charge is 2.28. The average molecular weight is 374 g/mol. The molecule has 2 heterocycles. The van der Waals surface area contributed by atoms with Crippen LogP contribution in [0.2, 0.25) is 0 Å². The largest absolute Gasteiger partial charge is 0.335 e. The predicted octanol–water partition coefficient (Wildman–Crippen LogP) is 5.18. The summed E-state index contributed by atoms with van der Waals surface area (Å²) in [6, 6.07) is 20.3. The number of amides is 1. The van der Waals surface area contributed by atoms with Crippen molar-refractivity contribution >= 4 is 5.91 Å². The minimum Gasteiger partial charge on any atom is -0.335 e. The summed E-state index contributed by atoms with van der Waals surface area (Å²) in [5.74, 6) is -0.113. The second-order valence-electron chi connectivity index (χ2n) is 7.25. The highest BCUT2D eigenvalue weighted by molar-refractivity contribution is 5.79. The van der Waals surface area contributed by atoms with Gasteiger partial charge in [0.2, 0.25) is 5.91 Å². The van der Waals surface area contributed by atoms with Crippen molar-refractivity contribution in [3.63, 3.8) is 0 Å². The Labute approximate surface area is 164 Å². The maximum absolute atomic E-state index is 13.5. The van der Waals surface area contributed by atoms with Gasteiger partial charge in [-0.25, -0.2) is 4.39 Å². The lowest BCUT2D eigenvalue weighted by Gasteiger charge is -2.36. The van der Waals surface area contributed by atoms with Crippen molar-refractivity contribution in [2.45, 2.75) is 31.7 Å². The third kappa shape index (κ3) is 4.11. The summed E-state index contributed by atoms with van der Waals surface area (Å²) >= 11 is 0. The topological polar surface area (TPSA) is 33.2 Å². The zero-order valence-corrected chi connectivity index (χ0v) is 15.7. The number of nitrogens with zero attached hydrogens (tertiary/aromatic N) is 2. The number of pyridine rings is 1. The Hall–Kier alpha value is -3.01. The highest BCUT2D eigenvalue weighted by atomic mass is 19.1. The molecule has 1 amide bonds. The number of likely N-dealkylation sites (tertiary alicyclic amines) is 1. The molecule has 0 spiro atoms. The zero-order chi connectivity index (χ0) is 19.3. The van der Waals surface area contributed by atoms with Gasteiger partial charge in [-0.05, 0) is 48.6 Å². The molecule has 28 heavy (non-hydrogen) atoms. The Morgan fingerprint density at radius 3 is 2.64 bits per heavy atom. The Bertz CT molecular complexity index is 940. The fraction of sp³-hybridized carbons (Fsp3) is 0.250. The van der Waals surface area contributed by atoms with E-state index >= 15 is 0 Å². The summed E-state index contributed by atoms with van der Waals surface area (Å²) in [6.07, 6.45) is 5.34. The summed E-state index contributed by atoms with van der Waals surface area (Å²) in [5.41, 5.74) is 3.58. The zero-order valence-electron chi connectivity index (χ0n) is 15.7. The van der Waals surface area contributed by atoms with Crippen molar-refractivity contribution < 1.29 is 9.18 Å². The van der Waals surface area contributed by atoms with Crippen molar-refractivity contribution in [1.29, 1.82) is 0 Å². The first-order chi connectivity index (χ1) is 13.7. The van der Waals surface area contributed by atoms with Crippen LogP contribution in [-0.2, 0) is 11.2 Å². The molecule has 0 N–H and O–H groups in total. The Morgan fingerprint density at radius 1 is 1.04 bits per heavy atom. The third-order valence-corrected chi connectivity index (χ3v) is 5.31. The molecule has 1 aliphatic rings. The molecule has 1 atom stereocenters. The van der Waals surface area contributed by atoms with E-state index in [4.69, 9.17) is 0 Å². The molecule has 0 radical (unpaired) electrons. The van der Waals surface area contributed by atoms with E-state index in [9.17, 15) is 9.18 Å². The predicted molar refractivity (Wildman–Crippen MR) is 108 cm³/mol. The molecule has 1 unspecified atom stereocenters. The lowest BCUT2D eigenvalue weighted by Crippen LogP contribution is -2.39. The first-order valence-corrected chi connectivity index (χ1v) is 9.76. The maximum atomic E-state index is 13.5. The maximum Gasteiger partial charge on any atom is 0.227 e. The van der Waals surface area contributed by atoms with Crippen molar-refractivity contribution in [2.75, 3.05) is 6.54 Å². The van der Waals surface area contributed by atoms with Crippen LogP contribution in [0, 0.1) is 5.82 Å². The van der Waals surface area contributed by atoms with Crippen molar-refractivity contribution in [3.8, 4) is 11.3 Å². The van der Waals surface area contributed by atoms with Crippen LogP contribution in [0.1, 0.15) is 36.4 Å². The Morgan fingerprint density at radius 2 is 1.89 bits per heavy atom. The third-order valence-electron chi connectivity index (χ3n) is 5.31. The van der Waals surface area contributed by atoms with Gasteiger partial charge in [-0.1, -0.05) is 48.5 Å². The molecule has 0 bridgehead atoms. The molecule has 1 aliphatic heterocycles. The van der Waals surface area contributed by atoms with Gasteiger partial charge in [0.15, 0.2) is 0 Å². The minimum absolute atomic E-state index is 0.0546. The first kappa shape index (κ1) is 18.4. The molecule has 1 aromatic heterocycles. The van der Waals surface area contributed by atoms with Crippen LogP contribution in [0.4, 0.5) is 4.39 Å². The Balaban J connectivity index is 1.53. The molecule has 3 aromatic rings. The number of rotatable bonds is 4. The van der Waals surface area contributed by atoms with Crippen LogP contribution >= 0.6 is 0 Å². The summed E-state index contributed by atoms with van der Waals surface area (Å²) in [5, 5.41) is 0. The van der Waals surface area contributed by atoms with Crippen LogP contribution in [0.25, 0.3) is 11.3 Å². The Kier molecular flexibility index (Phi) is 5.47. The van der Waals surface area contributed by atoms with E-state index in [0.717, 1.165) is 48.2 Å². The number of hydrogen-bond donors (Lipinski definition) is 0. The second kappa shape index (κ2) is 8.34. The van der Waals surface area contributed by atoms with Crippen LogP contribution in [0.5, 0.6) is 0 Å². The lowest BCUT2D eigenvalue weighted by atomic mass is 9.95. The van der Waals surface area contributed by atoms with Crippen molar-refractivity contribution in [1.82, 2.24) is 9.88 Å². The molecule has 4 rings (SSSR count). The molecule has 4 heteroatoms. The van der Waals surface area contributed by atoms with Crippen LogP contribution in [0.3, 0.4) is 0 Å². The molecule has 0 saturated carbocycles. The number of carbonyl (C=O) groups excluding carboxylic acids is 1. The first-order valence-electron chi connectivity index (χ1n) is 9.76. The second-order valence-corrected chi connectivity index (χ2v) is 7.25. The number of halogens is 1. The molecule has 0 aliphatic carbocycles. The summed E-state index contributed by atoms with van der Waals surface area (Å²) < 4.78 is 13.5. The van der Waals surface area contributed by atoms with E-state index in [1.807, 2.05) is 59.6 Å². The van der Waals surface area contributed by atoms with Gasteiger partial charge >= 0.3 is 0 Å². The van der Waals surface area contributed by atoms with Gasteiger partial charge in [0.25, 0.3) is 0 Å². The van der Waals surface area contributed by atoms with Gasteiger partial charge in [0, 0.05) is 18.3 Å². The SMILES string of the molecule is O=C(Cc1ccccc1)N1CCCCC1c1ccc(-c2cccc(F)c2)nc1. The van der Waals surface area contributed by atoms with E-state index in [1.54, 1.807) is 6.07 Å². The van der Waals surface area contributed by atoms with E-state index in [1.165, 1.54) is 12.1 Å². The van der Waals surface area contributed by atoms with Gasteiger partial charge in [-0.3, -0.25) is 9.78 Å². The average Bonchev–Trinajstić information content (AvgIpc) is 2.74. The number of aromatic nitrogens is 1. The number of carbonyl (C=O) groups is 1. The van der Waals surface area contributed by atoms with Crippen LogP contribution < -0.4 is 0 Å². The van der Waals surface area contributed by atoms with Gasteiger partial charge < -0.3 is 4.90 Å². The summed E-state index contributed by atoms with van der Waals surface area (Å²) in [7, 11) is 0. The monoisotopic (exact) mass is 374 g/mol. The standard InChI is InChI=1S/C24H23FN2O/c25-21-10-6-9-19(16-21)22-13-12-20(17-26-22)23-11-4-5-14-27(23)24(28)15-18-7-2-1-3-8-18/h1-3,6-10,12-13,16-17,23H,4-5,11,14-15H2. The normalized spacial score (nSPS) is 16.8. The smallest absolute Gasteiger partial charge is 0.227 e. The number of piperidine rings is 1. The van der Waals surface area contributed by atoms with Crippen molar-refractivity contribution in [2.24, 2.45) is 0 Å². The fourth-order valence-electron chi connectivity index (χ4n) is 3.87. The molecule has 3 nitrogen and oxygen atoms in total. The molecule has 1 fully saturated rings. The molecule has 142 valence electrons. The quantitative estimate of drug-likeness (QED) is 0.630. The van der Waals surface area contributed by atoms with Crippen molar-refractivity contribution in [3.05, 3.63) is 89.9 Å². The summed E-state index contributed by atoms with van der Waals surface area (Å²) in [4.78, 5) is 19.5. The van der Waals surface area contributed by atoms with Gasteiger partial charge in [0.1, 0.15) is 5.82 Å². The molecule has 2 aromatic carbocycles. The molecular formula is C24H23FN2O. The van der Waals surface area contributed by atoms with E-state index < -0.39 is 0 Å². The molecule has 1 saturated heterocycles. The fourth-order valence-corrected chi connectivity index (χ4v) is 3.87. The minimum atomic E-state index is -0.270. The van der Waals surface area contributed by atoms with E-state index in [2.05, 4.69) is 4.98 Å². The number of hydrogen-bond acceptors (Lipinski definition) is 2. The van der Waals surface area contributed by atoms with Crippen LogP contribution in [-0.4, -0.2) is 22.3 Å². The summed E-state index contributed by atoms with van der Waals surface area (Å²) in [6.45, 7) is 0.780. The van der Waals surface area contributed by atoms with Gasteiger partial charge in [0.05, 0.1) is 18.2 Å². The highest BCUT2D eigenvalue weighted by Crippen LogP contribution is 2.32. The van der Waals surface area contributed by atoms with Crippen LogP contribution in [0.15, 0.2) is 72.9 Å².